The zero-order chi connectivity index (χ0) is 19.3. The molecular weight excluding hydrogens is 352 g/mol. The van der Waals surface area contributed by atoms with Crippen molar-refractivity contribution in [2.75, 3.05) is 41.4 Å². The molecule has 0 amide bonds. The summed E-state index contributed by atoms with van der Waals surface area (Å²) in [4.78, 5) is 17.9. The topological polar surface area (TPSA) is 77.4 Å². The van der Waals surface area contributed by atoms with Crippen molar-refractivity contribution in [1.29, 1.82) is 0 Å². The Bertz CT molecular complexity index is 760. The monoisotopic (exact) mass is 382 g/mol. The van der Waals surface area contributed by atoms with E-state index < -0.39 is 0 Å². The summed E-state index contributed by atoms with van der Waals surface area (Å²) >= 11 is 0. The molecule has 4 heterocycles. The summed E-state index contributed by atoms with van der Waals surface area (Å²) in [7, 11) is 0. The fraction of sp³-hybridized carbons (Fsp3) is 0.571. The fourth-order valence-electron chi connectivity index (χ4n) is 4.07. The van der Waals surface area contributed by atoms with Crippen LogP contribution >= 0.6 is 0 Å². The Labute approximate surface area is 166 Å². The molecule has 7 heteroatoms. The van der Waals surface area contributed by atoms with Crippen LogP contribution in [0, 0.1) is 5.92 Å². The number of nitrogens with zero attached hydrogens (tertiary/aromatic N) is 5. The average Bonchev–Trinajstić information content (AvgIpc) is 3.22. The summed E-state index contributed by atoms with van der Waals surface area (Å²) in [6.07, 6.45) is 8.13. The molecule has 2 aromatic rings. The molecule has 0 bridgehead atoms. The van der Waals surface area contributed by atoms with Crippen LogP contribution in [0.5, 0.6) is 0 Å². The predicted molar refractivity (Wildman–Crippen MR) is 112 cm³/mol. The lowest BCUT2D eigenvalue weighted by Crippen LogP contribution is -2.33. The van der Waals surface area contributed by atoms with E-state index in [0.29, 0.717) is 6.54 Å². The van der Waals surface area contributed by atoms with Gasteiger partial charge in [0.25, 0.3) is 0 Å². The van der Waals surface area contributed by atoms with Crippen LogP contribution in [-0.2, 0) is 6.54 Å². The summed E-state index contributed by atoms with van der Waals surface area (Å²) in [5.74, 6) is 3.57. The zero-order valence-electron chi connectivity index (χ0n) is 16.6. The molecule has 0 spiro atoms. The Morgan fingerprint density at radius 3 is 2.68 bits per heavy atom. The van der Waals surface area contributed by atoms with Gasteiger partial charge in [-0.2, -0.15) is 0 Å². The number of nitrogens with one attached hydrogen (secondary N) is 1. The molecule has 7 nitrogen and oxygen atoms in total. The van der Waals surface area contributed by atoms with E-state index in [-0.39, 0.29) is 12.6 Å². The molecule has 1 unspecified atom stereocenters. The minimum atomic E-state index is 0.164. The average molecular weight is 383 g/mol. The summed E-state index contributed by atoms with van der Waals surface area (Å²) in [6, 6.07) is 6.38. The van der Waals surface area contributed by atoms with Crippen LogP contribution in [0.4, 0.5) is 17.5 Å². The Balaban J connectivity index is 1.35. The largest absolute Gasteiger partial charge is 0.394 e. The van der Waals surface area contributed by atoms with Crippen LogP contribution in [0.3, 0.4) is 0 Å². The van der Waals surface area contributed by atoms with E-state index in [9.17, 15) is 5.11 Å². The second-order valence-corrected chi connectivity index (χ2v) is 7.98. The highest BCUT2D eigenvalue weighted by Crippen LogP contribution is 2.25. The molecule has 2 aliphatic heterocycles. The summed E-state index contributed by atoms with van der Waals surface area (Å²) in [5, 5.41) is 12.9. The molecule has 0 radical (unpaired) electrons. The van der Waals surface area contributed by atoms with Crippen LogP contribution in [-0.4, -0.2) is 52.3 Å². The fourth-order valence-corrected chi connectivity index (χ4v) is 4.07. The highest BCUT2D eigenvalue weighted by molar-refractivity contribution is 5.50. The summed E-state index contributed by atoms with van der Waals surface area (Å²) in [5.41, 5.74) is 1.13. The van der Waals surface area contributed by atoms with Crippen molar-refractivity contribution >= 4 is 17.5 Å². The first kappa shape index (κ1) is 18.9. The molecule has 2 aromatic heterocycles. The van der Waals surface area contributed by atoms with Crippen molar-refractivity contribution in [3.63, 3.8) is 0 Å². The molecule has 2 saturated heterocycles. The second-order valence-electron chi connectivity index (χ2n) is 7.98. The van der Waals surface area contributed by atoms with E-state index in [1.54, 1.807) is 6.33 Å². The van der Waals surface area contributed by atoms with E-state index in [1.165, 1.54) is 12.8 Å². The van der Waals surface area contributed by atoms with Crippen molar-refractivity contribution in [2.24, 2.45) is 5.92 Å². The van der Waals surface area contributed by atoms with Crippen LogP contribution in [0.15, 0.2) is 30.7 Å². The molecule has 0 aromatic carbocycles. The van der Waals surface area contributed by atoms with E-state index in [1.807, 2.05) is 12.3 Å². The van der Waals surface area contributed by atoms with Crippen molar-refractivity contribution in [3.8, 4) is 0 Å². The van der Waals surface area contributed by atoms with Crippen LogP contribution in [0.2, 0.25) is 0 Å². The quantitative estimate of drug-likeness (QED) is 0.795. The molecular formula is C21H30N6O. The van der Waals surface area contributed by atoms with Crippen LogP contribution < -0.4 is 15.1 Å². The number of anilines is 3. The number of rotatable bonds is 6. The van der Waals surface area contributed by atoms with Gasteiger partial charge >= 0.3 is 0 Å². The van der Waals surface area contributed by atoms with Crippen molar-refractivity contribution in [3.05, 3.63) is 36.3 Å². The van der Waals surface area contributed by atoms with Crippen molar-refractivity contribution in [2.45, 2.75) is 45.2 Å². The SMILES string of the molecule is CC1CCN(c2ccc(CNc3cc(N4CCCC4CO)ncn3)cn2)CC1. The Kier molecular flexibility index (Phi) is 5.90. The van der Waals surface area contributed by atoms with Gasteiger partial charge in [0, 0.05) is 38.4 Å². The van der Waals surface area contributed by atoms with Gasteiger partial charge in [0.1, 0.15) is 23.8 Å². The number of hydrogen-bond acceptors (Lipinski definition) is 7. The third-order valence-electron chi connectivity index (χ3n) is 5.93. The highest BCUT2D eigenvalue weighted by Gasteiger charge is 2.25. The lowest BCUT2D eigenvalue weighted by Gasteiger charge is -2.31. The number of aliphatic hydroxyl groups excluding tert-OH is 1. The van der Waals surface area contributed by atoms with Gasteiger partial charge in [-0.15, -0.1) is 0 Å². The lowest BCUT2D eigenvalue weighted by molar-refractivity contribution is 0.266. The predicted octanol–water partition coefficient (Wildman–Crippen LogP) is 2.68. The van der Waals surface area contributed by atoms with E-state index in [2.05, 4.69) is 49.1 Å². The standard InChI is InChI=1S/C21H30N6O/c1-16-6-9-26(10-7-16)20-5-4-17(13-23-20)12-22-19-11-21(25-15-24-19)27-8-2-3-18(27)14-28/h4-5,11,13,15-16,18,28H,2-3,6-10,12,14H2,1H3,(H,22,24,25). The molecule has 150 valence electrons. The van der Waals surface area contributed by atoms with Crippen molar-refractivity contribution in [1.82, 2.24) is 15.0 Å². The maximum atomic E-state index is 9.54. The first-order valence-electron chi connectivity index (χ1n) is 10.4. The number of pyridine rings is 1. The minimum Gasteiger partial charge on any atom is -0.394 e. The molecule has 2 aliphatic rings. The summed E-state index contributed by atoms with van der Waals surface area (Å²) in [6.45, 7) is 6.29. The number of piperidine rings is 1. The Hall–Kier alpha value is -2.41. The Morgan fingerprint density at radius 2 is 1.93 bits per heavy atom. The normalized spacial score (nSPS) is 20.6. The molecule has 4 rings (SSSR count). The smallest absolute Gasteiger partial charge is 0.134 e. The first-order chi connectivity index (χ1) is 13.7. The highest BCUT2D eigenvalue weighted by atomic mass is 16.3. The lowest BCUT2D eigenvalue weighted by atomic mass is 9.99. The maximum Gasteiger partial charge on any atom is 0.134 e. The van der Waals surface area contributed by atoms with E-state index in [4.69, 9.17) is 0 Å². The molecule has 2 fully saturated rings. The van der Waals surface area contributed by atoms with Crippen molar-refractivity contribution < 1.29 is 5.11 Å². The van der Waals surface area contributed by atoms with Gasteiger partial charge in [0.2, 0.25) is 0 Å². The Morgan fingerprint density at radius 1 is 1.07 bits per heavy atom. The van der Waals surface area contributed by atoms with Gasteiger partial charge in [-0.3, -0.25) is 0 Å². The van der Waals surface area contributed by atoms with Crippen LogP contribution in [0.1, 0.15) is 38.2 Å². The van der Waals surface area contributed by atoms with Gasteiger partial charge in [-0.25, -0.2) is 15.0 Å². The van der Waals surface area contributed by atoms with Gasteiger partial charge in [-0.1, -0.05) is 13.0 Å². The zero-order valence-corrected chi connectivity index (χ0v) is 16.6. The molecule has 0 saturated carbocycles. The number of hydrogen-bond donors (Lipinski definition) is 2. The number of aliphatic hydroxyl groups is 1. The second kappa shape index (κ2) is 8.73. The molecule has 28 heavy (non-hydrogen) atoms. The van der Waals surface area contributed by atoms with Gasteiger partial charge in [0.05, 0.1) is 12.6 Å². The minimum absolute atomic E-state index is 0.164. The van der Waals surface area contributed by atoms with Gasteiger partial charge < -0.3 is 20.2 Å². The molecule has 1 atom stereocenters. The third-order valence-corrected chi connectivity index (χ3v) is 5.93. The maximum absolute atomic E-state index is 9.54. The van der Waals surface area contributed by atoms with E-state index >= 15 is 0 Å². The van der Waals surface area contributed by atoms with Gasteiger partial charge in [0.15, 0.2) is 0 Å². The molecule has 0 aliphatic carbocycles. The third kappa shape index (κ3) is 4.35. The molecule has 2 N–H and O–H groups in total. The van der Waals surface area contributed by atoms with E-state index in [0.717, 1.165) is 61.4 Å². The van der Waals surface area contributed by atoms with Crippen LogP contribution in [0.25, 0.3) is 0 Å². The first-order valence-corrected chi connectivity index (χ1v) is 10.4. The summed E-state index contributed by atoms with van der Waals surface area (Å²) < 4.78 is 0. The van der Waals surface area contributed by atoms with Gasteiger partial charge in [-0.05, 0) is 43.2 Å². The number of aromatic nitrogens is 3.